The number of carbonyl (C=O) groups is 1. The molecule has 1 fully saturated rings. The second kappa shape index (κ2) is 6.23. The van der Waals surface area contributed by atoms with E-state index in [-0.39, 0.29) is 22.4 Å². The van der Waals surface area contributed by atoms with Crippen LogP contribution < -0.4 is 4.90 Å². The summed E-state index contributed by atoms with van der Waals surface area (Å²) >= 11 is 3.10. The first-order valence-electron chi connectivity index (χ1n) is 6.37. The molecule has 0 radical (unpaired) electrons. The number of nitriles is 1. The van der Waals surface area contributed by atoms with Crippen molar-refractivity contribution in [2.75, 3.05) is 18.0 Å². The zero-order valence-corrected chi connectivity index (χ0v) is 12.4. The van der Waals surface area contributed by atoms with Gasteiger partial charge in [-0.05, 0) is 46.8 Å². The summed E-state index contributed by atoms with van der Waals surface area (Å²) in [5, 5.41) is 17.5. The molecule has 0 aliphatic carbocycles. The van der Waals surface area contributed by atoms with Gasteiger partial charge in [0.05, 0.1) is 15.7 Å². The molecule has 1 aromatic rings. The summed E-state index contributed by atoms with van der Waals surface area (Å²) in [5.74, 6) is -0.946. The quantitative estimate of drug-likeness (QED) is 0.914. The van der Waals surface area contributed by atoms with Gasteiger partial charge in [-0.15, -0.1) is 0 Å². The van der Waals surface area contributed by atoms with E-state index in [0.717, 1.165) is 6.42 Å². The number of hydrogen-bond acceptors (Lipinski definition) is 3. The van der Waals surface area contributed by atoms with Crippen molar-refractivity contribution in [3.05, 3.63) is 28.0 Å². The Bertz CT molecular complexity index is 571. The molecule has 1 atom stereocenters. The van der Waals surface area contributed by atoms with Crippen LogP contribution in [0.25, 0.3) is 0 Å². The van der Waals surface area contributed by atoms with Gasteiger partial charge >= 0.3 is 5.97 Å². The molecule has 1 aliphatic rings. The fourth-order valence-electron chi connectivity index (χ4n) is 2.48. The van der Waals surface area contributed by atoms with Crippen LogP contribution in [0, 0.1) is 23.1 Å². The number of halogens is 2. The van der Waals surface area contributed by atoms with Crippen LogP contribution in [0.1, 0.15) is 24.8 Å². The third kappa shape index (κ3) is 3.10. The molecule has 2 rings (SSSR count). The van der Waals surface area contributed by atoms with E-state index in [4.69, 9.17) is 10.4 Å². The number of hydrogen-bond donors (Lipinski definition) is 1. The van der Waals surface area contributed by atoms with Gasteiger partial charge in [0.2, 0.25) is 0 Å². The van der Waals surface area contributed by atoms with E-state index in [0.29, 0.717) is 25.2 Å². The summed E-state index contributed by atoms with van der Waals surface area (Å²) in [4.78, 5) is 12.5. The van der Waals surface area contributed by atoms with E-state index in [9.17, 15) is 9.18 Å². The highest BCUT2D eigenvalue weighted by Gasteiger charge is 2.26. The molecule has 0 amide bonds. The van der Waals surface area contributed by atoms with Gasteiger partial charge in [-0.3, -0.25) is 4.79 Å². The molecule has 106 valence electrons. The highest BCUT2D eigenvalue weighted by Crippen LogP contribution is 2.33. The van der Waals surface area contributed by atoms with E-state index < -0.39 is 11.8 Å². The summed E-state index contributed by atoms with van der Waals surface area (Å²) in [5.41, 5.74) is 0.738. The molecular weight excluding hydrogens is 327 g/mol. The van der Waals surface area contributed by atoms with Crippen LogP contribution in [0.5, 0.6) is 0 Å². The molecule has 1 aromatic carbocycles. The zero-order valence-electron chi connectivity index (χ0n) is 10.8. The minimum absolute atomic E-state index is 0.151. The minimum atomic E-state index is -0.796. The van der Waals surface area contributed by atoms with Crippen molar-refractivity contribution in [2.45, 2.75) is 19.3 Å². The maximum atomic E-state index is 14.2. The van der Waals surface area contributed by atoms with Crippen LogP contribution in [0.2, 0.25) is 0 Å². The summed E-state index contributed by atoms with van der Waals surface area (Å²) in [6.45, 7) is 1.36. The van der Waals surface area contributed by atoms with Crippen molar-refractivity contribution < 1.29 is 14.3 Å². The Labute approximate surface area is 124 Å². The van der Waals surface area contributed by atoms with Crippen LogP contribution in [-0.4, -0.2) is 24.2 Å². The second-order valence-electron chi connectivity index (χ2n) is 4.91. The maximum absolute atomic E-state index is 14.2. The van der Waals surface area contributed by atoms with Crippen molar-refractivity contribution in [1.82, 2.24) is 0 Å². The first kappa shape index (κ1) is 14.8. The lowest BCUT2D eigenvalue weighted by atomic mass is 10.0. The third-order valence-corrected chi connectivity index (χ3v) is 4.35. The molecule has 6 heteroatoms. The van der Waals surface area contributed by atoms with E-state index >= 15 is 0 Å². The largest absolute Gasteiger partial charge is 0.481 e. The zero-order chi connectivity index (χ0) is 14.7. The Kier molecular flexibility index (Phi) is 4.61. The maximum Gasteiger partial charge on any atom is 0.303 e. The van der Waals surface area contributed by atoms with E-state index in [1.807, 2.05) is 11.0 Å². The van der Waals surface area contributed by atoms with Crippen LogP contribution in [0.15, 0.2) is 16.6 Å². The van der Waals surface area contributed by atoms with Gasteiger partial charge in [-0.2, -0.15) is 5.26 Å². The van der Waals surface area contributed by atoms with E-state index in [1.54, 1.807) is 12.1 Å². The lowest BCUT2D eigenvalue weighted by Gasteiger charge is -2.20. The number of nitrogens with zero attached hydrogens (tertiary/aromatic N) is 2. The molecule has 1 aliphatic heterocycles. The Balaban J connectivity index is 2.09. The molecular formula is C14H14BrFN2O2. The third-order valence-electron chi connectivity index (χ3n) is 3.58. The van der Waals surface area contributed by atoms with Gasteiger partial charge in [0, 0.05) is 19.5 Å². The highest BCUT2D eigenvalue weighted by molar-refractivity contribution is 9.10. The number of anilines is 1. The summed E-state index contributed by atoms with van der Waals surface area (Å²) in [6.07, 6.45) is 1.63. The van der Waals surface area contributed by atoms with Gasteiger partial charge in [0.25, 0.3) is 0 Å². The smallest absolute Gasteiger partial charge is 0.303 e. The average Bonchev–Trinajstić information content (AvgIpc) is 2.88. The topological polar surface area (TPSA) is 64.3 Å². The molecule has 0 spiro atoms. The standard InChI is InChI=1S/C14H14BrFN2O2/c15-13-10(7-17)2-3-11(14(13)16)18-6-5-9(8-18)1-4-12(19)20/h2-3,9H,1,4-6,8H2,(H,19,20). The molecule has 1 unspecified atom stereocenters. The molecule has 0 saturated carbocycles. The van der Waals surface area contributed by atoms with Gasteiger partial charge in [-0.1, -0.05) is 0 Å². The molecule has 0 aromatic heterocycles. The number of aliphatic carboxylic acids is 1. The van der Waals surface area contributed by atoms with Crippen LogP contribution >= 0.6 is 15.9 Å². The number of rotatable bonds is 4. The summed E-state index contributed by atoms with van der Waals surface area (Å²) in [6, 6.07) is 5.12. The monoisotopic (exact) mass is 340 g/mol. The molecule has 4 nitrogen and oxygen atoms in total. The first-order valence-corrected chi connectivity index (χ1v) is 7.17. The Morgan fingerprint density at radius 2 is 2.35 bits per heavy atom. The molecule has 1 N–H and O–H groups in total. The van der Waals surface area contributed by atoms with E-state index in [1.165, 1.54) is 0 Å². The van der Waals surface area contributed by atoms with Crippen LogP contribution in [0.3, 0.4) is 0 Å². The Morgan fingerprint density at radius 3 is 3.00 bits per heavy atom. The van der Waals surface area contributed by atoms with Crippen molar-refractivity contribution in [3.8, 4) is 6.07 Å². The van der Waals surface area contributed by atoms with E-state index in [2.05, 4.69) is 15.9 Å². The number of carboxylic acid groups (broad SMARTS) is 1. The lowest BCUT2D eigenvalue weighted by molar-refractivity contribution is -0.137. The van der Waals surface area contributed by atoms with Crippen LogP contribution in [-0.2, 0) is 4.79 Å². The number of carboxylic acids is 1. The highest BCUT2D eigenvalue weighted by atomic mass is 79.9. The van der Waals surface area contributed by atoms with Crippen molar-refractivity contribution in [3.63, 3.8) is 0 Å². The Hall–Kier alpha value is -1.61. The van der Waals surface area contributed by atoms with Gasteiger partial charge in [-0.25, -0.2) is 4.39 Å². The Morgan fingerprint density at radius 1 is 1.60 bits per heavy atom. The molecule has 0 bridgehead atoms. The average molecular weight is 341 g/mol. The summed E-state index contributed by atoms with van der Waals surface area (Å²) in [7, 11) is 0. The first-order chi connectivity index (χ1) is 9.52. The SMILES string of the molecule is N#Cc1ccc(N2CCC(CCC(=O)O)C2)c(F)c1Br. The molecule has 20 heavy (non-hydrogen) atoms. The van der Waals surface area contributed by atoms with Gasteiger partial charge in [0.15, 0.2) is 5.82 Å². The van der Waals surface area contributed by atoms with Gasteiger partial charge in [0.1, 0.15) is 6.07 Å². The molecule has 1 heterocycles. The summed E-state index contributed by atoms with van der Waals surface area (Å²) < 4.78 is 14.4. The van der Waals surface area contributed by atoms with Crippen LogP contribution in [0.4, 0.5) is 10.1 Å². The fraction of sp³-hybridized carbons (Fsp3) is 0.429. The van der Waals surface area contributed by atoms with Crippen molar-refractivity contribution in [1.29, 1.82) is 5.26 Å². The van der Waals surface area contributed by atoms with Gasteiger partial charge < -0.3 is 10.0 Å². The molecule has 1 saturated heterocycles. The van der Waals surface area contributed by atoms with Crippen molar-refractivity contribution in [2.24, 2.45) is 5.92 Å². The normalized spacial score (nSPS) is 18.1. The number of benzene rings is 1. The predicted octanol–water partition coefficient (Wildman–Crippen LogP) is 3.15. The lowest BCUT2D eigenvalue weighted by Crippen LogP contribution is -2.21. The minimum Gasteiger partial charge on any atom is -0.481 e. The fourth-order valence-corrected chi connectivity index (χ4v) is 2.91. The second-order valence-corrected chi connectivity index (χ2v) is 5.70. The predicted molar refractivity (Wildman–Crippen MR) is 76.0 cm³/mol. The van der Waals surface area contributed by atoms with Crippen molar-refractivity contribution >= 4 is 27.6 Å².